The van der Waals surface area contributed by atoms with E-state index < -0.39 is 11.8 Å². The van der Waals surface area contributed by atoms with Crippen LogP contribution in [-0.4, -0.2) is 18.4 Å². The largest absolute Gasteiger partial charge is 0.484 e. The number of ether oxygens (including phenoxy) is 1. The van der Waals surface area contributed by atoms with E-state index >= 15 is 0 Å². The van der Waals surface area contributed by atoms with Crippen molar-refractivity contribution in [2.24, 2.45) is 0 Å². The average molecular weight is 417 g/mol. The Morgan fingerprint density at radius 1 is 0.774 bits per heavy atom. The van der Waals surface area contributed by atoms with Gasteiger partial charge in [-0.1, -0.05) is 93.6 Å². The Bertz CT molecular complexity index is 955. The third-order valence-electron chi connectivity index (χ3n) is 4.94. The molecule has 0 fully saturated rings. The van der Waals surface area contributed by atoms with E-state index in [1.54, 1.807) is 0 Å². The van der Waals surface area contributed by atoms with Gasteiger partial charge < -0.3 is 4.74 Å². The normalized spacial score (nSPS) is 11.1. The zero-order valence-electron chi connectivity index (χ0n) is 18.1. The van der Waals surface area contributed by atoms with Gasteiger partial charge in [0.25, 0.3) is 5.91 Å². The Balaban J connectivity index is 1.57. The molecule has 0 saturated carbocycles. The van der Waals surface area contributed by atoms with Gasteiger partial charge in [0.2, 0.25) is 5.91 Å². The lowest BCUT2D eigenvalue weighted by atomic mass is 9.87. The van der Waals surface area contributed by atoms with Crippen molar-refractivity contribution in [1.29, 1.82) is 0 Å². The summed E-state index contributed by atoms with van der Waals surface area (Å²) in [5.74, 6) is -0.692. The molecule has 2 N–H and O–H groups in total. The first-order chi connectivity index (χ1) is 14.8. The third kappa shape index (κ3) is 6.19. The summed E-state index contributed by atoms with van der Waals surface area (Å²) in [6.45, 7) is 6.21. The Labute approximate surface area is 183 Å². The molecule has 5 heteroatoms. The zero-order chi connectivity index (χ0) is 22.3. The topological polar surface area (TPSA) is 67.4 Å². The average Bonchev–Trinajstić information content (AvgIpc) is 2.77. The fraction of sp³-hybridized carbons (Fsp3) is 0.231. The van der Waals surface area contributed by atoms with Crippen molar-refractivity contribution in [3.63, 3.8) is 0 Å². The van der Waals surface area contributed by atoms with Crippen LogP contribution >= 0.6 is 0 Å². The maximum absolute atomic E-state index is 12.9. The summed E-state index contributed by atoms with van der Waals surface area (Å²) >= 11 is 0. The van der Waals surface area contributed by atoms with Crippen LogP contribution in [0.4, 0.5) is 0 Å². The summed E-state index contributed by atoms with van der Waals surface area (Å²) in [4.78, 5) is 25.1. The lowest BCUT2D eigenvalue weighted by Gasteiger charge is -2.19. The Morgan fingerprint density at radius 3 is 1.77 bits per heavy atom. The molecule has 160 valence electrons. The highest BCUT2D eigenvalue weighted by Gasteiger charge is 2.23. The van der Waals surface area contributed by atoms with Crippen molar-refractivity contribution >= 4 is 11.8 Å². The molecule has 31 heavy (non-hydrogen) atoms. The van der Waals surface area contributed by atoms with Crippen LogP contribution in [0.3, 0.4) is 0 Å². The number of hydrogen-bond donors (Lipinski definition) is 2. The molecule has 0 unspecified atom stereocenters. The first-order valence-electron chi connectivity index (χ1n) is 10.3. The molecule has 0 aromatic heterocycles. The van der Waals surface area contributed by atoms with Gasteiger partial charge in [-0.15, -0.1) is 0 Å². The summed E-state index contributed by atoms with van der Waals surface area (Å²) in [5, 5.41) is 0. The van der Waals surface area contributed by atoms with E-state index in [1.165, 1.54) is 5.56 Å². The fourth-order valence-corrected chi connectivity index (χ4v) is 3.23. The van der Waals surface area contributed by atoms with Crippen LogP contribution in [0, 0.1) is 0 Å². The van der Waals surface area contributed by atoms with Crippen LogP contribution in [0.1, 0.15) is 43.4 Å². The van der Waals surface area contributed by atoms with Gasteiger partial charge in [0.15, 0.2) is 6.61 Å². The van der Waals surface area contributed by atoms with Crippen molar-refractivity contribution in [3.05, 3.63) is 102 Å². The zero-order valence-corrected chi connectivity index (χ0v) is 18.1. The van der Waals surface area contributed by atoms with Crippen LogP contribution in [0.25, 0.3) is 0 Å². The summed E-state index contributed by atoms with van der Waals surface area (Å²) < 4.78 is 5.53. The molecular formula is C26H28N2O3. The predicted octanol–water partition coefficient (Wildman–Crippen LogP) is 4.34. The minimum absolute atomic E-state index is 0.0498. The van der Waals surface area contributed by atoms with E-state index in [0.717, 1.165) is 11.1 Å². The van der Waals surface area contributed by atoms with Crippen molar-refractivity contribution in [3.8, 4) is 5.75 Å². The van der Waals surface area contributed by atoms with Crippen LogP contribution in [0.5, 0.6) is 5.75 Å². The highest BCUT2D eigenvalue weighted by atomic mass is 16.5. The maximum Gasteiger partial charge on any atom is 0.276 e. The number of rotatable bonds is 6. The first kappa shape index (κ1) is 22.1. The lowest BCUT2D eigenvalue weighted by Crippen LogP contribution is -2.46. The van der Waals surface area contributed by atoms with E-state index in [4.69, 9.17) is 4.74 Å². The quantitative estimate of drug-likeness (QED) is 0.588. The molecule has 0 radical (unpaired) electrons. The molecule has 0 spiro atoms. The van der Waals surface area contributed by atoms with E-state index in [1.807, 2.05) is 84.9 Å². The van der Waals surface area contributed by atoms with Gasteiger partial charge in [-0.25, -0.2) is 0 Å². The van der Waals surface area contributed by atoms with Crippen LogP contribution in [0.2, 0.25) is 0 Å². The van der Waals surface area contributed by atoms with Crippen LogP contribution in [-0.2, 0) is 15.0 Å². The summed E-state index contributed by atoms with van der Waals surface area (Å²) in [7, 11) is 0. The molecule has 0 heterocycles. The lowest BCUT2D eigenvalue weighted by molar-refractivity contribution is -0.130. The van der Waals surface area contributed by atoms with Gasteiger partial charge in [0, 0.05) is 0 Å². The number of benzene rings is 3. The third-order valence-corrected chi connectivity index (χ3v) is 4.94. The van der Waals surface area contributed by atoms with E-state index in [0.29, 0.717) is 5.75 Å². The molecule has 3 aromatic carbocycles. The monoisotopic (exact) mass is 416 g/mol. The molecule has 5 nitrogen and oxygen atoms in total. The van der Waals surface area contributed by atoms with Gasteiger partial charge >= 0.3 is 0 Å². The number of hydrogen-bond acceptors (Lipinski definition) is 3. The van der Waals surface area contributed by atoms with E-state index in [9.17, 15) is 9.59 Å². The molecule has 0 aliphatic heterocycles. The summed E-state index contributed by atoms with van der Waals surface area (Å²) in [5.41, 5.74) is 7.89. The molecule has 0 bridgehead atoms. The van der Waals surface area contributed by atoms with Gasteiger partial charge in [0.1, 0.15) is 5.75 Å². The van der Waals surface area contributed by atoms with Gasteiger partial charge in [0.05, 0.1) is 5.92 Å². The number of carbonyl (C=O) groups is 2. The van der Waals surface area contributed by atoms with Crippen molar-refractivity contribution in [2.75, 3.05) is 6.61 Å². The van der Waals surface area contributed by atoms with Crippen LogP contribution in [0.15, 0.2) is 84.9 Å². The second-order valence-corrected chi connectivity index (χ2v) is 8.35. The SMILES string of the molecule is CC(C)(C)c1ccc(OCC(=O)NNC(=O)C(c2ccccc2)c2ccccc2)cc1. The van der Waals surface area contributed by atoms with Crippen molar-refractivity contribution in [1.82, 2.24) is 10.9 Å². The number of amides is 2. The molecule has 0 saturated heterocycles. The Kier molecular flexibility index (Phi) is 7.08. The smallest absolute Gasteiger partial charge is 0.276 e. The second-order valence-electron chi connectivity index (χ2n) is 8.35. The van der Waals surface area contributed by atoms with Crippen LogP contribution < -0.4 is 15.6 Å². The van der Waals surface area contributed by atoms with Crippen molar-refractivity contribution < 1.29 is 14.3 Å². The number of hydrazine groups is 1. The molecular weight excluding hydrogens is 388 g/mol. The molecule has 2 amide bonds. The standard InChI is InChI=1S/C26H28N2O3/c1-26(2,3)21-14-16-22(17-15-21)31-18-23(29)27-28-25(30)24(19-10-6-4-7-11-19)20-12-8-5-9-13-20/h4-17,24H,18H2,1-3H3,(H,27,29)(H,28,30). The predicted molar refractivity (Wildman–Crippen MR) is 122 cm³/mol. The summed E-state index contributed by atoms with van der Waals surface area (Å²) in [6.07, 6.45) is 0. The molecule has 0 aliphatic carbocycles. The van der Waals surface area contributed by atoms with Gasteiger partial charge in [-0.3, -0.25) is 20.4 Å². The number of carbonyl (C=O) groups excluding carboxylic acids is 2. The second kappa shape index (κ2) is 9.94. The molecule has 3 aromatic rings. The summed E-state index contributed by atoms with van der Waals surface area (Å²) in [6, 6.07) is 26.6. The van der Waals surface area contributed by atoms with Crippen molar-refractivity contribution in [2.45, 2.75) is 32.1 Å². The first-order valence-corrected chi connectivity index (χ1v) is 10.3. The molecule has 0 atom stereocenters. The highest BCUT2D eigenvalue weighted by Crippen LogP contribution is 2.25. The van der Waals surface area contributed by atoms with E-state index in [-0.39, 0.29) is 17.9 Å². The van der Waals surface area contributed by atoms with Gasteiger partial charge in [-0.2, -0.15) is 0 Å². The molecule has 0 aliphatic rings. The van der Waals surface area contributed by atoms with E-state index in [2.05, 4.69) is 31.6 Å². The molecule has 3 rings (SSSR count). The highest BCUT2D eigenvalue weighted by molar-refractivity contribution is 5.89. The Hall–Kier alpha value is -3.60. The fourth-order valence-electron chi connectivity index (χ4n) is 3.23. The minimum Gasteiger partial charge on any atom is -0.484 e. The number of nitrogens with one attached hydrogen (secondary N) is 2. The Morgan fingerprint density at radius 2 is 1.29 bits per heavy atom. The van der Waals surface area contributed by atoms with Gasteiger partial charge in [-0.05, 0) is 34.2 Å². The minimum atomic E-state index is -0.534. The maximum atomic E-state index is 12.9.